The van der Waals surface area contributed by atoms with Gasteiger partial charge in [0.1, 0.15) is 18.0 Å². The molecule has 0 saturated carbocycles. The molecule has 0 amide bonds. The number of nitrogen functional groups attached to an aromatic ring is 1. The van der Waals surface area contributed by atoms with Crippen LogP contribution in [-0.2, 0) is 6.42 Å². The van der Waals surface area contributed by atoms with Crippen LogP contribution in [0.1, 0.15) is 25.8 Å². The first-order valence-corrected chi connectivity index (χ1v) is 7.42. The molecule has 102 valence electrons. The molecule has 5 nitrogen and oxygen atoms in total. The van der Waals surface area contributed by atoms with E-state index >= 15 is 0 Å². The van der Waals surface area contributed by atoms with Gasteiger partial charge in [0.2, 0.25) is 0 Å². The molecule has 0 aliphatic carbocycles. The molecule has 0 bridgehead atoms. The Hall–Kier alpha value is -1.01. The largest absolute Gasteiger partial charge is 0.395 e. The molecule has 18 heavy (non-hydrogen) atoms. The predicted octanol–water partition coefficient (Wildman–Crippen LogP) is 1.54. The molecule has 0 radical (unpaired) electrons. The number of hydrogen-bond donors (Lipinski definition) is 3. The fourth-order valence-electron chi connectivity index (χ4n) is 1.79. The second-order valence-electron chi connectivity index (χ2n) is 4.23. The van der Waals surface area contributed by atoms with Gasteiger partial charge < -0.3 is 16.2 Å². The zero-order valence-corrected chi connectivity index (χ0v) is 12.0. The molecule has 0 saturated heterocycles. The third kappa shape index (κ3) is 3.74. The van der Waals surface area contributed by atoms with Gasteiger partial charge in [-0.25, -0.2) is 9.97 Å². The Bertz CT molecular complexity index is 371. The Kier molecular flexibility index (Phi) is 6.21. The van der Waals surface area contributed by atoms with E-state index in [1.54, 1.807) is 11.8 Å². The van der Waals surface area contributed by atoms with E-state index in [0.29, 0.717) is 5.82 Å². The molecule has 1 aromatic rings. The van der Waals surface area contributed by atoms with Crippen molar-refractivity contribution in [1.82, 2.24) is 9.97 Å². The quantitative estimate of drug-likeness (QED) is 0.697. The first-order chi connectivity index (χ1) is 8.63. The summed E-state index contributed by atoms with van der Waals surface area (Å²) in [4.78, 5) is 8.28. The first-order valence-electron chi connectivity index (χ1n) is 6.13. The SMILES string of the molecule is CCCc1c(N)ncnc1NC(C)C(CO)SC. The number of nitrogens with two attached hydrogens (primary N) is 1. The van der Waals surface area contributed by atoms with Crippen molar-refractivity contribution in [3.8, 4) is 0 Å². The zero-order valence-electron chi connectivity index (χ0n) is 11.2. The molecule has 4 N–H and O–H groups in total. The van der Waals surface area contributed by atoms with Gasteiger partial charge in [-0.05, 0) is 19.6 Å². The monoisotopic (exact) mass is 270 g/mol. The number of nitrogens with zero attached hydrogens (tertiary/aromatic N) is 2. The van der Waals surface area contributed by atoms with Crippen molar-refractivity contribution in [2.45, 2.75) is 38.0 Å². The van der Waals surface area contributed by atoms with E-state index in [2.05, 4.69) is 22.2 Å². The van der Waals surface area contributed by atoms with Gasteiger partial charge in [-0.15, -0.1) is 0 Å². The molecule has 0 aliphatic rings. The van der Waals surface area contributed by atoms with E-state index in [0.717, 1.165) is 24.2 Å². The molecule has 1 aromatic heterocycles. The Labute approximate surface area is 113 Å². The lowest BCUT2D eigenvalue weighted by Gasteiger charge is -2.23. The van der Waals surface area contributed by atoms with Crippen molar-refractivity contribution in [2.75, 3.05) is 23.9 Å². The van der Waals surface area contributed by atoms with E-state index in [-0.39, 0.29) is 17.9 Å². The zero-order chi connectivity index (χ0) is 13.5. The minimum Gasteiger partial charge on any atom is -0.395 e. The van der Waals surface area contributed by atoms with Crippen LogP contribution in [0.3, 0.4) is 0 Å². The van der Waals surface area contributed by atoms with Crippen molar-refractivity contribution in [3.63, 3.8) is 0 Å². The van der Waals surface area contributed by atoms with Crippen LogP contribution in [0.2, 0.25) is 0 Å². The lowest BCUT2D eigenvalue weighted by molar-refractivity contribution is 0.288. The van der Waals surface area contributed by atoms with E-state index in [9.17, 15) is 5.11 Å². The molecule has 2 atom stereocenters. The molecule has 0 fully saturated rings. The number of aromatic nitrogens is 2. The minimum absolute atomic E-state index is 0.120. The Morgan fingerprint density at radius 1 is 1.50 bits per heavy atom. The van der Waals surface area contributed by atoms with Crippen LogP contribution >= 0.6 is 11.8 Å². The molecule has 6 heteroatoms. The van der Waals surface area contributed by atoms with Gasteiger partial charge in [-0.2, -0.15) is 11.8 Å². The van der Waals surface area contributed by atoms with E-state index < -0.39 is 0 Å². The summed E-state index contributed by atoms with van der Waals surface area (Å²) in [6.45, 7) is 4.27. The highest BCUT2D eigenvalue weighted by atomic mass is 32.2. The predicted molar refractivity (Wildman–Crippen MR) is 77.9 cm³/mol. The summed E-state index contributed by atoms with van der Waals surface area (Å²) in [6, 6.07) is 0.120. The van der Waals surface area contributed by atoms with Gasteiger partial charge in [0, 0.05) is 16.9 Å². The third-order valence-corrected chi connectivity index (χ3v) is 4.05. The number of hydrogen-bond acceptors (Lipinski definition) is 6. The van der Waals surface area contributed by atoms with Crippen molar-refractivity contribution >= 4 is 23.4 Å². The van der Waals surface area contributed by atoms with Crippen molar-refractivity contribution in [1.29, 1.82) is 0 Å². The maximum absolute atomic E-state index is 9.28. The Balaban J connectivity index is 2.86. The summed E-state index contributed by atoms with van der Waals surface area (Å²) in [5, 5.41) is 12.7. The van der Waals surface area contributed by atoms with Gasteiger partial charge >= 0.3 is 0 Å². The van der Waals surface area contributed by atoms with Gasteiger partial charge in [-0.3, -0.25) is 0 Å². The number of nitrogens with one attached hydrogen (secondary N) is 1. The average Bonchev–Trinajstić information content (AvgIpc) is 2.35. The summed E-state index contributed by atoms with van der Waals surface area (Å²) < 4.78 is 0. The second-order valence-corrected chi connectivity index (χ2v) is 5.30. The smallest absolute Gasteiger partial charge is 0.134 e. The molecule has 1 heterocycles. The minimum atomic E-state index is 0.120. The summed E-state index contributed by atoms with van der Waals surface area (Å²) >= 11 is 1.63. The number of aliphatic hydroxyl groups is 1. The molecule has 2 unspecified atom stereocenters. The van der Waals surface area contributed by atoms with E-state index in [4.69, 9.17) is 5.73 Å². The van der Waals surface area contributed by atoms with Crippen molar-refractivity contribution in [2.24, 2.45) is 0 Å². The highest BCUT2D eigenvalue weighted by molar-refractivity contribution is 7.99. The van der Waals surface area contributed by atoms with Crippen LogP contribution in [0.15, 0.2) is 6.33 Å². The lowest BCUT2D eigenvalue weighted by Crippen LogP contribution is -2.31. The van der Waals surface area contributed by atoms with Crippen molar-refractivity contribution in [3.05, 3.63) is 11.9 Å². The standard InChI is InChI=1S/C12H22N4OS/c1-4-5-9-11(13)14-7-15-12(9)16-8(2)10(6-17)18-3/h7-8,10,17H,4-6H2,1-3H3,(H3,13,14,15,16). The fraction of sp³-hybridized carbons (Fsp3) is 0.667. The number of aliphatic hydroxyl groups excluding tert-OH is 1. The first kappa shape index (κ1) is 15.0. The van der Waals surface area contributed by atoms with Gasteiger partial charge in [0.05, 0.1) is 6.61 Å². The molecule has 0 spiro atoms. The number of rotatable bonds is 7. The van der Waals surface area contributed by atoms with Crippen LogP contribution < -0.4 is 11.1 Å². The van der Waals surface area contributed by atoms with Crippen molar-refractivity contribution < 1.29 is 5.11 Å². The van der Waals surface area contributed by atoms with Gasteiger partial charge in [0.15, 0.2) is 0 Å². The summed E-state index contributed by atoms with van der Waals surface area (Å²) in [5.41, 5.74) is 6.84. The molecular weight excluding hydrogens is 248 g/mol. The van der Waals surface area contributed by atoms with Gasteiger partial charge in [0.25, 0.3) is 0 Å². The Morgan fingerprint density at radius 3 is 2.78 bits per heavy atom. The topological polar surface area (TPSA) is 84.1 Å². The van der Waals surface area contributed by atoms with E-state index in [1.165, 1.54) is 6.33 Å². The normalized spacial score (nSPS) is 14.2. The summed E-state index contributed by atoms with van der Waals surface area (Å²) in [6.07, 6.45) is 5.30. The van der Waals surface area contributed by atoms with E-state index in [1.807, 2.05) is 13.2 Å². The highest BCUT2D eigenvalue weighted by Gasteiger charge is 2.17. The number of anilines is 2. The highest BCUT2D eigenvalue weighted by Crippen LogP contribution is 2.22. The summed E-state index contributed by atoms with van der Waals surface area (Å²) in [7, 11) is 0. The molecular formula is C12H22N4OS. The maximum atomic E-state index is 9.28. The average molecular weight is 270 g/mol. The van der Waals surface area contributed by atoms with Crippen LogP contribution in [-0.4, -0.2) is 39.2 Å². The van der Waals surface area contributed by atoms with Crippen LogP contribution in [0, 0.1) is 0 Å². The third-order valence-electron chi connectivity index (χ3n) is 2.88. The molecule has 0 aliphatic heterocycles. The summed E-state index contributed by atoms with van der Waals surface area (Å²) in [5.74, 6) is 1.32. The van der Waals surface area contributed by atoms with Crippen LogP contribution in [0.4, 0.5) is 11.6 Å². The fourth-order valence-corrected chi connectivity index (χ4v) is 2.42. The Morgan fingerprint density at radius 2 is 2.22 bits per heavy atom. The van der Waals surface area contributed by atoms with Gasteiger partial charge in [-0.1, -0.05) is 13.3 Å². The lowest BCUT2D eigenvalue weighted by atomic mass is 10.1. The van der Waals surface area contributed by atoms with Crippen LogP contribution in [0.25, 0.3) is 0 Å². The maximum Gasteiger partial charge on any atom is 0.134 e. The molecule has 1 rings (SSSR count). The van der Waals surface area contributed by atoms with Crippen LogP contribution in [0.5, 0.6) is 0 Å². The number of thioether (sulfide) groups is 1. The molecule has 0 aromatic carbocycles. The second kappa shape index (κ2) is 7.43.